The third kappa shape index (κ3) is 4.71. The maximum Gasteiger partial charge on any atom is 0.331 e. The molecule has 0 unspecified atom stereocenters. The van der Waals surface area contributed by atoms with Crippen LogP contribution >= 0.6 is 0 Å². The summed E-state index contributed by atoms with van der Waals surface area (Å²) in [6.07, 6.45) is 18.1. The number of hydrogen-bond donors (Lipinski definition) is 2. The fourth-order valence-electron chi connectivity index (χ4n) is 12.0. The minimum Gasteiger partial charge on any atom is -0.504 e. The molecule has 0 aromatic heterocycles. The zero-order valence-corrected chi connectivity index (χ0v) is 28.1. The first kappa shape index (κ1) is 30.8. The fourth-order valence-corrected chi connectivity index (χ4v) is 12.0. The number of carbonyl (C=O) groups excluding carboxylic acids is 1. The van der Waals surface area contributed by atoms with E-state index in [1.54, 1.807) is 12.1 Å². The van der Waals surface area contributed by atoms with Crippen molar-refractivity contribution in [1.82, 2.24) is 0 Å². The number of phenols is 2. The summed E-state index contributed by atoms with van der Waals surface area (Å²) in [5, 5.41) is 19.4. The van der Waals surface area contributed by atoms with Gasteiger partial charge in [-0.15, -0.1) is 0 Å². The van der Waals surface area contributed by atoms with E-state index >= 15 is 0 Å². The SMILES string of the molecule is CC1(C)CC[C@]2(C)CC=C3[C@]4(C)CC[C@H]5C(C)(C)[C@@H](OC(=O)/C=C\c6ccc(O)c(O)c6)CC[C@]5(C)[C@H]4CC[C@@]3(C)[C@@H]2C1. The molecule has 236 valence electrons. The summed E-state index contributed by atoms with van der Waals surface area (Å²) >= 11 is 0. The highest BCUT2D eigenvalue weighted by molar-refractivity contribution is 5.87. The molecular weight excluding hydrogens is 532 g/mol. The number of hydrogen-bond acceptors (Lipinski definition) is 4. The second-order valence-corrected chi connectivity index (χ2v) is 17.8. The van der Waals surface area contributed by atoms with Crippen LogP contribution in [0, 0.1) is 50.2 Å². The molecule has 4 nitrogen and oxygen atoms in total. The van der Waals surface area contributed by atoms with Crippen LogP contribution in [0.5, 0.6) is 11.5 Å². The van der Waals surface area contributed by atoms with Gasteiger partial charge in [0.05, 0.1) is 0 Å². The van der Waals surface area contributed by atoms with Crippen molar-refractivity contribution in [2.75, 3.05) is 0 Å². The van der Waals surface area contributed by atoms with Crippen LogP contribution in [0.25, 0.3) is 6.08 Å². The Labute approximate surface area is 260 Å². The average molecular weight is 589 g/mol. The first-order chi connectivity index (χ1) is 19.9. The van der Waals surface area contributed by atoms with E-state index in [9.17, 15) is 15.0 Å². The molecule has 6 rings (SSSR count). The topological polar surface area (TPSA) is 66.8 Å². The molecule has 5 aliphatic carbocycles. The van der Waals surface area contributed by atoms with Gasteiger partial charge in [-0.3, -0.25) is 0 Å². The number of phenolic OH excluding ortho intramolecular Hbond substituents is 2. The Morgan fingerprint density at radius 3 is 2.19 bits per heavy atom. The normalized spacial score (nSPS) is 43.0. The summed E-state index contributed by atoms with van der Waals surface area (Å²) in [4.78, 5) is 13.0. The molecule has 4 fully saturated rings. The van der Waals surface area contributed by atoms with Crippen molar-refractivity contribution in [2.24, 2.45) is 50.2 Å². The van der Waals surface area contributed by atoms with Gasteiger partial charge in [-0.05, 0) is 133 Å². The number of fused-ring (bicyclic) bond motifs is 7. The van der Waals surface area contributed by atoms with E-state index < -0.39 is 0 Å². The van der Waals surface area contributed by atoms with E-state index in [-0.39, 0.29) is 39.8 Å². The van der Waals surface area contributed by atoms with E-state index in [0.29, 0.717) is 33.6 Å². The van der Waals surface area contributed by atoms with Gasteiger partial charge in [0, 0.05) is 11.5 Å². The Morgan fingerprint density at radius 1 is 0.814 bits per heavy atom. The Balaban J connectivity index is 1.22. The summed E-state index contributed by atoms with van der Waals surface area (Å²) in [6.45, 7) is 20.2. The van der Waals surface area contributed by atoms with Crippen LogP contribution in [-0.4, -0.2) is 22.3 Å². The van der Waals surface area contributed by atoms with Crippen LogP contribution < -0.4 is 0 Å². The van der Waals surface area contributed by atoms with Gasteiger partial charge in [0.15, 0.2) is 11.5 Å². The number of rotatable bonds is 3. The monoisotopic (exact) mass is 588 g/mol. The lowest BCUT2D eigenvalue weighted by molar-refractivity contribution is -0.197. The van der Waals surface area contributed by atoms with Crippen LogP contribution in [0.1, 0.15) is 125 Å². The van der Waals surface area contributed by atoms with Gasteiger partial charge in [-0.1, -0.05) is 73.1 Å². The molecule has 5 aliphatic rings. The van der Waals surface area contributed by atoms with Gasteiger partial charge in [-0.25, -0.2) is 4.79 Å². The van der Waals surface area contributed by atoms with E-state index in [0.717, 1.165) is 18.8 Å². The first-order valence-electron chi connectivity index (χ1n) is 17.1. The van der Waals surface area contributed by atoms with Gasteiger partial charge in [-0.2, -0.15) is 0 Å². The third-order valence-electron chi connectivity index (χ3n) is 14.4. The lowest BCUT2D eigenvalue weighted by atomic mass is 9.34. The average Bonchev–Trinajstić information content (AvgIpc) is 2.91. The van der Waals surface area contributed by atoms with E-state index in [4.69, 9.17) is 4.74 Å². The number of allylic oxidation sites excluding steroid dienone is 2. The highest BCUT2D eigenvalue weighted by Crippen LogP contribution is 2.75. The maximum atomic E-state index is 13.0. The summed E-state index contributed by atoms with van der Waals surface area (Å²) < 4.78 is 6.18. The number of esters is 1. The number of benzene rings is 1. The van der Waals surface area contributed by atoms with Crippen molar-refractivity contribution in [3.05, 3.63) is 41.5 Å². The van der Waals surface area contributed by atoms with Crippen molar-refractivity contribution in [2.45, 2.75) is 126 Å². The molecule has 0 radical (unpaired) electrons. The predicted molar refractivity (Wildman–Crippen MR) is 173 cm³/mol. The lowest BCUT2D eigenvalue weighted by Crippen LogP contribution is -2.63. The summed E-state index contributed by atoms with van der Waals surface area (Å²) in [6, 6.07) is 4.54. The Kier molecular flexibility index (Phi) is 7.08. The van der Waals surface area contributed by atoms with Crippen molar-refractivity contribution in [3.63, 3.8) is 0 Å². The fraction of sp³-hybridized carbons (Fsp3) is 0.718. The smallest absolute Gasteiger partial charge is 0.331 e. The highest BCUT2D eigenvalue weighted by Gasteiger charge is 2.67. The summed E-state index contributed by atoms with van der Waals surface area (Å²) in [5.41, 5.74) is 4.02. The van der Waals surface area contributed by atoms with Crippen molar-refractivity contribution in [3.8, 4) is 11.5 Å². The second-order valence-electron chi connectivity index (χ2n) is 17.8. The largest absolute Gasteiger partial charge is 0.504 e. The molecule has 0 heterocycles. The molecule has 0 spiro atoms. The molecule has 0 bridgehead atoms. The number of ether oxygens (including phenoxy) is 1. The molecular formula is C39H56O4. The minimum absolute atomic E-state index is 0.109. The molecule has 0 saturated heterocycles. The van der Waals surface area contributed by atoms with Crippen molar-refractivity contribution in [1.29, 1.82) is 0 Å². The summed E-state index contributed by atoms with van der Waals surface area (Å²) in [5.74, 6) is 1.24. The van der Waals surface area contributed by atoms with Crippen molar-refractivity contribution >= 4 is 12.0 Å². The second kappa shape index (κ2) is 9.88. The van der Waals surface area contributed by atoms with Crippen LogP contribution in [0.3, 0.4) is 0 Å². The van der Waals surface area contributed by atoms with E-state index in [1.165, 1.54) is 69.6 Å². The molecule has 4 saturated carbocycles. The molecule has 4 heteroatoms. The number of carbonyl (C=O) groups is 1. The molecule has 2 N–H and O–H groups in total. The number of aromatic hydroxyl groups is 2. The van der Waals surface area contributed by atoms with E-state index in [2.05, 4.69) is 61.5 Å². The molecule has 1 aromatic rings. The quantitative estimate of drug-likeness (QED) is 0.160. The minimum atomic E-state index is -0.339. The van der Waals surface area contributed by atoms with Gasteiger partial charge < -0.3 is 14.9 Å². The molecule has 43 heavy (non-hydrogen) atoms. The first-order valence-corrected chi connectivity index (χ1v) is 17.1. The summed E-state index contributed by atoms with van der Waals surface area (Å²) in [7, 11) is 0. The molecule has 8 atom stereocenters. The Hall–Kier alpha value is -2.23. The van der Waals surface area contributed by atoms with Gasteiger partial charge >= 0.3 is 5.97 Å². The van der Waals surface area contributed by atoms with Crippen molar-refractivity contribution < 1.29 is 19.7 Å². The van der Waals surface area contributed by atoms with Crippen LogP contribution in [0.4, 0.5) is 0 Å². The van der Waals surface area contributed by atoms with Crippen LogP contribution in [0.2, 0.25) is 0 Å². The lowest BCUT2D eigenvalue weighted by Gasteiger charge is -2.70. The van der Waals surface area contributed by atoms with Crippen LogP contribution in [0.15, 0.2) is 35.9 Å². The third-order valence-corrected chi connectivity index (χ3v) is 14.4. The highest BCUT2D eigenvalue weighted by atomic mass is 16.5. The van der Waals surface area contributed by atoms with Gasteiger partial charge in [0.25, 0.3) is 0 Å². The molecule has 0 aliphatic heterocycles. The standard InChI is InChI=1S/C39H56O4/c1-34(2)21-22-36(5)17-13-29-38(7)18-14-28-35(3,4)32(43-33(42)12-10-25-9-11-26(40)27(41)23-25)16-20-37(28,6)30(38)15-19-39(29,8)31(36)24-34/h9-13,23,28,30-32,40-41H,14-22,24H2,1-8H3/b12-10-/t28-,30+,31+,32-,36-,37-,38-,39+/m0/s1. The Morgan fingerprint density at radius 2 is 1.49 bits per heavy atom. The van der Waals surface area contributed by atoms with Crippen LogP contribution in [-0.2, 0) is 9.53 Å². The zero-order valence-electron chi connectivity index (χ0n) is 28.1. The maximum absolute atomic E-state index is 13.0. The van der Waals surface area contributed by atoms with E-state index in [1.807, 2.05) is 5.57 Å². The van der Waals surface area contributed by atoms with Gasteiger partial charge in [0.1, 0.15) is 6.10 Å². The molecule has 1 aromatic carbocycles. The Bertz CT molecular complexity index is 1350. The molecule has 0 amide bonds. The zero-order chi connectivity index (χ0) is 31.2. The van der Waals surface area contributed by atoms with Gasteiger partial charge in [0.2, 0.25) is 0 Å². The predicted octanol–water partition coefficient (Wildman–Crippen LogP) is 9.84.